The Kier molecular flexibility index (Phi) is 4.51. The minimum Gasteiger partial charge on any atom is -0.456 e. The molecule has 0 heterocycles. The number of aliphatic hydroxyl groups is 1. The van der Waals surface area contributed by atoms with Crippen LogP contribution in [-0.4, -0.2) is 5.11 Å². The lowest BCUT2D eigenvalue weighted by molar-refractivity contribution is 0.276. The molecule has 0 aliphatic heterocycles. The monoisotopic (exact) mass is 346 g/mol. The van der Waals surface area contributed by atoms with Crippen LogP contribution in [0.4, 0.5) is 0 Å². The Morgan fingerprint density at radius 1 is 1.00 bits per heavy atom. The Balaban J connectivity index is 2.36. The third-order valence-corrected chi connectivity index (χ3v) is 3.40. The maximum Gasteiger partial charge on any atom is 0.141 e. The van der Waals surface area contributed by atoms with E-state index in [1.165, 1.54) is 0 Å². The summed E-state index contributed by atoms with van der Waals surface area (Å²) in [5.41, 5.74) is 0.668. The van der Waals surface area contributed by atoms with Gasteiger partial charge in [0, 0.05) is 15.6 Å². The Bertz CT molecular complexity index is 573. The summed E-state index contributed by atoms with van der Waals surface area (Å²) in [6.45, 7) is -0.113. The van der Waals surface area contributed by atoms with E-state index in [0.717, 1.165) is 4.47 Å². The van der Waals surface area contributed by atoms with Crippen LogP contribution in [0.25, 0.3) is 0 Å². The second-order valence-electron chi connectivity index (χ2n) is 3.59. The summed E-state index contributed by atoms with van der Waals surface area (Å²) in [6.07, 6.45) is 0. The molecule has 0 aliphatic carbocycles. The van der Waals surface area contributed by atoms with Crippen LogP contribution in [0.5, 0.6) is 11.5 Å². The van der Waals surface area contributed by atoms with Crippen LogP contribution in [-0.2, 0) is 6.61 Å². The zero-order valence-corrected chi connectivity index (χ0v) is 12.3. The van der Waals surface area contributed by atoms with Gasteiger partial charge in [-0.15, -0.1) is 0 Å². The van der Waals surface area contributed by atoms with Gasteiger partial charge in [0.25, 0.3) is 0 Å². The van der Waals surface area contributed by atoms with Crippen molar-refractivity contribution in [3.05, 3.63) is 56.5 Å². The van der Waals surface area contributed by atoms with Gasteiger partial charge in [0.15, 0.2) is 0 Å². The third-order valence-electron chi connectivity index (χ3n) is 2.31. The lowest BCUT2D eigenvalue weighted by atomic mass is 10.2. The van der Waals surface area contributed by atoms with Gasteiger partial charge in [0.05, 0.1) is 11.1 Å². The van der Waals surface area contributed by atoms with Crippen molar-refractivity contribution in [2.24, 2.45) is 0 Å². The second-order valence-corrected chi connectivity index (χ2v) is 5.31. The average Bonchev–Trinajstić information content (AvgIpc) is 2.33. The van der Waals surface area contributed by atoms with E-state index in [4.69, 9.17) is 27.9 Å². The van der Waals surface area contributed by atoms with E-state index in [9.17, 15) is 5.11 Å². The molecule has 0 unspecified atom stereocenters. The molecule has 0 atom stereocenters. The lowest BCUT2D eigenvalue weighted by Gasteiger charge is -2.11. The topological polar surface area (TPSA) is 29.5 Å². The van der Waals surface area contributed by atoms with E-state index in [0.29, 0.717) is 27.1 Å². The smallest absolute Gasteiger partial charge is 0.141 e. The van der Waals surface area contributed by atoms with Crippen molar-refractivity contribution < 1.29 is 9.84 Å². The molecule has 0 aromatic heterocycles. The second kappa shape index (κ2) is 5.93. The molecule has 1 N–H and O–H groups in total. The van der Waals surface area contributed by atoms with E-state index in [-0.39, 0.29) is 6.61 Å². The first-order valence-electron chi connectivity index (χ1n) is 5.12. The molecule has 0 spiro atoms. The fourth-order valence-corrected chi connectivity index (χ4v) is 2.36. The fourth-order valence-electron chi connectivity index (χ4n) is 1.43. The van der Waals surface area contributed by atoms with Crippen molar-refractivity contribution in [2.45, 2.75) is 6.61 Å². The highest BCUT2D eigenvalue weighted by Gasteiger charge is 2.08. The fraction of sp³-hybridized carbons (Fsp3) is 0.0769. The number of hydrogen-bond donors (Lipinski definition) is 1. The van der Waals surface area contributed by atoms with Crippen LogP contribution in [0, 0.1) is 0 Å². The average molecular weight is 348 g/mol. The SMILES string of the molecule is OCc1ccc(Cl)cc1Oc1ccc(Cl)cc1Br. The summed E-state index contributed by atoms with van der Waals surface area (Å²) in [6, 6.07) is 10.3. The molecule has 0 amide bonds. The molecule has 5 heteroatoms. The standard InChI is InChI=1S/C13H9BrCl2O2/c14-11-5-9(15)3-4-12(11)18-13-6-10(16)2-1-8(13)7-17/h1-6,17H,7H2. The van der Waals surface area contributed by atoms with Crippen molar-refractivity contribution in [3.8, 4) is 11.5 Å². The highest BCUT2D eigenvalue weighted by atomic mass is 79.9. The highest BCUT2D eigenvalue weighted by Crippen LogP contribution is 2.34. The maximum absolute atomic E-state index is 9.24. The Morgan fingerprint density at radius 3 is 2.33 bits per heavy atom. The first-order chi connectivity index (χ1) is 8.60. The number of halogens is 3. The third kappa shape index (κ3) is 3.18. The Hall–Kier alpha value is -0.740. The van der Waals surface area contributed by atoms with Gasteiger partial charge in [-0.25, -0.2) is 0 Å². The molecule has 2 nitrogen and oxygen atoms in total. The zero-order chi connectivity index (χ0) is 13.1. The maximum atomic E-state index is 9.24. The zero-order valence-electron chi connectivity index (χ0n) is 9.16. The van der Waals surface area contributed by atoms with Gasteiger partial charge < -0.3 is 9.84 Å². The van der Waals surface area contributed by atoms with Gasteiger partial charge >= 0.3 is 0 Å². The number of aliphatic hydroxyl groups excluding tert-OH is 1. The molecule has 0 bridgehead atoms. The van der Waals surface area contributed by atoms with Crippen molar-refractivity contribution in [2.75, 3.05) is 0 Å². The van der Waals surface area contributed by atoms with Crippen molar-refractivity contribution in [1.29, 1.82) is 0 Å². The van der Waals surface area contributed by atoms with Crippen molar-refractivity contribution >= 4 is 39.1 Å². The molecule has 0 saturated heterocycles. The van der Waals surface area contributed by atoms with Crippen LogP contribution < -0.4 is 4.74 Å². The van der Waals surface area contributed by atoms with Gasteiger partial charge in [0.2, 0.25) is 0 Å². The van der Waals surface area contributed by atoms with Crippen LogP contribution in [0.1, 0.15) is 5.56 Å². The minimum atomic E-state index is -0.113. The van der Waals surface area contributed by atoms with Crippen LogP contribution in [0.2, 0.25) is 10.0 Å². The molecular weight excluding hydrogens is 339 g/mol. The molecule has 94 valence electrons. The van der Waals surface area contributed by atoms with Gasteiger partial charge in [-0.05, 0) is 46.3 Å². The number of ether oxygens (including phenoxy) is 1. The van der Waals surface area contributed by atoms with E-state index in [1.807, 2.05) is 0 Å². The largest absolute Gasteiger partial charge is 0.456 e. The van der Waals surface area contributed by atoms with Crippen molar-refractivity contribution in [3.63, 3.8) is 0 Å². The quantitative estimate of drug-likeness (QED) is 0.842. The molecule has 0 fully saturated rings. The normalized spacial score (nSPS) is 10.4. The van der Waals surface area contributed by atoms with Crippen molar-refractivity contribution in [1.82, 2.24) is 0 Å². The predicted molar refractivity (Wildman–Crippen MR) is 76.6 cm³/mol. The van der Waals surface area contributed by atoms with Gasteiger partial charge in [0.1, 0.15) is 11.5 Å². The van der Waals surface area contributed by atoms with Gasteiger partial charge in [-0.2, -0.15) is 0 Å². The van der Waals surface area contributed by atoms with Gasteiger partial charge in [-0.3, -0.25) is 0 Å². The number of hydrogen-bond acceptors (Lipinski definition) is 2. The molecular formula is C13H9BrCl2O2. The summed E-state index contributed by atoms with van der Waals surface area (Å²) in [4.78, 5) is 0. The summed E-state index contributed by atoms with van der Waals surface area (Å²) in [7, 11) is 0. The summed E-state index contributed by atoms with van der Waals surface area (Å²) in [5.74, 6) is 1.13. The predicted octanol–water partition coefficient (Wildman–Crippen LogP) is 5.04. The highest BCUT2D eigenvalue weighted by molar-refractivity contribution is 9.10. The molecule has 0 saturated carbocycles. The van der Waals surface area contributed by atoms with E-state index in [2.05, 4.69) is 15.9 Å². The van der Waals surface area contributed by atoms with Gasteiger partial charge in [-0.1, -0.05) is 29.3 Å². The summed E-state index contributed by atoms with van der Waals surface area (Å²) >= 11 is 15.1. The Labute approximate surface area is 123 Å². The van der Waals surface area contributed by atoms with E-state index < -0.39 is 0 Å². The summed E-state index contributed by atoms with van der Waals surface area (Å²) < 4.78 is 6.45. The number of rotatable bonds is 3. The molecule has 0 aliphatic rings. The lowest BCUT2D eigenvalue weighted by Crippen LogP contribution is -1.92. The van der Waals surface area contributed by atoms with E-state index in [1.54, 1.807) is 36.4 Å². The molecule has 2 aromatic rings. The molecule has 0 radical (unpaired) electrons. The molecule has 18 heavy (non-hydrogen) atoms. The Morgan fingerprint density at radius 2 is 1.67 bits per heavy atom. The first kappa shape index (κ1) is 13.7. The molecule has 2 rings (SSSR count). The summed E-state index contributed by atoms with van der Waals surface area (Å²) in [5, 5.41) is 10.4. The van der Waals surface area contributed by atoms with Crippen LogP contribution in [0.3, 0.4) is 0 Å². The van der Waals surface area contributed by atoms with Crippen LogP contribution >= 0.6 is 39.1 Å². The first-order valence-corrected chi connectivity index (χ1v) is 6.67. The van der Waals surface area contributed by atoms with E-state index >= 15 is 0 Å². The minimum absolute atomic E-state index is 0.113. The molecule has 2 aromatic carbocycles. The number of benzene rings is 2. The van der Waals surface area contributed by atoms with Crippen LogP contribution in [0.15, 0.2) is 40.9 Å².